The van der Waals surface area contributed by atoms with E-state index in [-0.39, 0.29) is 101 Å². The van der Waals surface area contributed by atoms with Crippen molar-refractivity contribution in [3.05, 3.63) is 254 Å². The second-order valence-electron chi connectivity index (χ2n) is 36.6. The van der Waals surface area contributed by atoms with E-state index >= 15 is 0 Å². The predicted molar refractivity (Wildman–Crippen MR) is 509 cm³/mol. The van der Waals surface area contributed by atoms with E-state index in [2.05, 4.69) is 15.2 Å². The lowest BCUT2D eigenvalue weighted by molar-refractivity contribution is -0.139. The molecular formula is C98H109Cl4F11N14O11S. The number of anilines is 1. The number of carbonyl (C=O) groups is 7. The summed E-state index contributed by atoms with van der Waals surface area (Å²) in [7, 11) is 8.32. The van der Waals surface area contributed by atoms with Crippen molar-refractivity contribution in [3.63, 3.8) is 0 Å². The van der Waals surface area contributed by atoms with Gasteiger partial charge in [-0.3, -0.25) is 38.2 Å². The largest absolute Gasteiger partial charge is 0.416 e. The first-order valence-corrected chi connectivity index (χ1v) is 47.0. The van der Waals surface area contributed by atoms with Crippen LogP contribution in [0.25, 0.3) is 16.2 Å². The summed E-state index contributed by atoms with van der Waals surface area (Å²) < 4.78 is 169. The van der Waals surface area contributed by atoms with Crippen molar-refractivity contribution < 1.29 is 96.1 Å². The minimum Gasteiger partial charge on any atom is -0.378 e. The molecule has 8 atom stereocenters. The number of amides is 8. The van der Waals surface area contributed by atoms with Crippen LogP contribution in [0, 0.1) is 12.7 Å². The lowest BCUT2D eigenvalue weighted by atomic mass is 9.80. The van der Waals surface area contributed by atoms with E-state index in [9.17, 15) is 86.7 Å². The quantitative estimate of drug-likeness (QED) is 0.0531. The number of primary amides is 1. The molecule has 0 radical (unpaired) electrons. The Morgan fingerprint density at radius 1 is 0.547 bits per heavy atom. The number of aromatic nitrogens is 3. The van der Waals surface area contributed by atoms with Gasteiger partial charge in [-0.2, -0.15) is 26.3 Å². The van der Waals surface area contributed by atoms with E-state index in [0.29, 0.717) is 154 Å². The van der Waals surface area contributed by atoms with E-state index < -0.39 is 98.6 Å². The molecule has 41 heteroatoms. The van der Waals surface area contributed by atoms with Crippen LogP contribution in [0.2, 0.25) is 20.1 Å². The lowest BCUT2D eigenvalue weighted by Gasteiger charge is -2.36. The van der Waals surface area contributed by atoms with Crippen LogP contribution in [0.5, 0.6) is 0 Å². The number of benzene rings is 6. The second kappa shape index (κ2) is 43.9. The van der Waals surface area contributed by atoms with Crippen molar-refractivity contribution in [1.29, 1.82) is 0 Å². The van der Waals surface area contributed by atoms with E-state index in [4.69, 9.17) is 71.3 Å². The smallest absolute Gasteiger partial charge is 0.378 e. The summed E-state index contributed by atoms with van der Waals surface area (Å²) in [5, 5.41) is 7.85. The number of Topliss-reactive ketones (excluding diaryl/α,β-unsaturated/α-hetero) is 1. The Balaban J connectivity index is 0.000000167. The van der Waals surface area contributed by atoms with Crippen LogP contribution in [0.15, 0.2) is 156 Å². The molecule has 6 fully saturated rings. The summed E-state index contributed by atoms with van der Waals surface area (Å²) in [6.07, 6.45) is -6.53. The number of nitrogens with two attached hydrogens (primary N) is 1. The monoisotopic (exact) mass is 2040 g/mol. The van der Waals surface area contributed by atoms with Gasteiger partial charge in [0.2, 0.25) is 23.2 Å². The van der Waals surface area contributed by atoms with Gasteiger partial charge in [-0.25, -0.2) is 41.5 Å². The Hall–Kier alpha value is -10.6. The van der Waals surface area contributed by atoms with Crippen LogP contribution in [-0.4, -0.2) is 272 Å². The second-order valence-corrected chi connectivity index (χ2v) is 39.2. The summed E-state index contributed by atoms with van der Waals surface area (Å²) in [6.45, 7) is 18.0. The average Bonchev–Trinajstić information content (AvgIpc) is 1.68. The number of likely N-dealkylation sites (tertiary alicyclic amines) is 3. The minimum atomic E-state index is -4.93. The van der Waals surface area contributed by atoms with Gasteiger partial charge in [0.1, 0.15) is 11.6 Å². The number of alkyl halides is 10. The molecule has 8 amide bonds. The zero-order valence-electron chi connectivity index (χ0n) is 78.6. The fourth-order valence-corrected chi connectivity index (χ4v) is 19.7. The van der Waals surface area contributed by atoms with E-state index in [1.807, 2.05) is 74.5 Å². The van der Waals surface area contributed by atoms with Gasteiger partial charge < -0.3 is 64.5 Å². The molecule has 3 N–H and O–H groups in total. The molecule has 6 aromatic carbocycles. The molecule has 748 valence electrons. The van der Waals surface area contributed by atoms with Gasteiger partial charge in [0.05, 0.1) is 106 Å². The highest BCUT2D eigenvalue weighted by Gasteiger charge is 2.49. The van der Waals surface area contributed by atoms with Gasteiger partial charge in [-0.05, 0) is 179 Å². The first-order chi connectivity index (χ1) is 65.2. The van der Waals surface area contributed by atoms with Crippen molar-refractivity contribution in [2.24, 2.45) is 5.73 Å². The Labute approximate surface area is 821 Å². The van der Waals surface area contributed by atoms with Crippen molar-refractivity contribution in [3.8, 4) is 5.13 Å². The summed E-state index contributed by atoms with van der Waals surface area (Å²) >= 11 is 25.9. The van der Waals surface area contributed by atoms with E-state index in [0.717, 1.165) is 52.8 Å². The number of likely N-dealkylation sites (N-methyl/N-ethyl adjacent to an activating group) is 4. The number of ether oxygens (including phenoxy) is 3. The highest BCUT2D eigenvalue weighted by Crippen LogP contribution is 2.45. The van der Waals surface area contributed by atoms with Crippen molar-refractivity contribution in [1.82, 2.24) is 59.1 Å². The summed E-state index contributed by atoms with van der Waals surface area (Å²) in [6, 6.07) is 29.8. The SMILES string of the molecule is CN(C(=O)C(C)(C)c1cc(C(C)(F)F)cc(C(F)(F)F)c1)[C@@H]1CN(C(=O)N2CCOCC2)C[C@H]1c1ccc(Cl)cc1.CN(C(=O)c1cc(C(C)(F)F)cc(C(F)(F)F)c1)[C@@H]1CN(CC(N)=O)C[C@H]1c1ccc(Cl)c(Cl)c1.CN[C@H]1CN(c2ccc3c(=O)c(C(C)=O)cn(-c4nccs4)c3n2)C[C@H]1OC.Cc1cc(Cl)cc(C(C)(C)C(=O)N(C)[C@@H]2CN(C(=O)N3CCOCC3)C[C@H]2c2ccc(F)cc2)c1. The molecule has 3 aromatic heterocycles. The van der Waals surface area contributed by atoms with Crippen molar-refractivity contribution >= 4 is 116 Å². The molecule has 0 saturated carbocycles. The van der Waals surface area contributed by atoms with Crippen molar-refractivity contribution in [2.75, 3.05) is 152 Å². The molecule has 9 aromatic rings. The number of aryl methyl sites for hydroxylation is 1. The standard InChI is InChI=1S/C29H33ClF5N3O3.C27H33ClFN3O3.C23H22Cl2F5N3O2.C19H21N5O3S/c1-27(2,19-13-20(28(3,31)32)15-21(14-19)29(33,34)35)25(39)36(4)24-17-38(26(40)37-9-11-41-12-10-37)16-23(24)18-5-7-22(30)8-6-18;1-18-13-20(15-21(28)14-18)27(2,3)25(33)30(4)24-17-32(26(34)31-9-11-35-12-10-31)16-23(24)19-5-7-22(29)8-6-19;1-22(26,27)14-5-13(6-15(8-14)23(28,29)30)21(35)32(2)19-10-33(11-20(31)34)9-16(19)12-3-4-17(24)18(25)7-12;1-11(25)13-8-24(19-21-6-7-28-19)18-12(17(13)26)4-5-16(22-18)23-9-14(20-2)15(10-23)27-3/h5-8,13-15,23-24H,9-12,16-17H2,1-4H3;5-8,13-15,23-24H,9-12,16-17H2,1-4H3;3-8,16,19H,9-11H2,1-2H3,(H2,31,34);4-8,14-15,20H,9-10H2,1-3H3/t2*23-,24+;16-,19+;14-,15+/m0000/s1. The maximum absolute atomic E-state index is 14.2. The average molecular weight is 2040 g/mol. The third kappa shape index (κ3) is 25.1. The number of ketones is 1. The zero-order chi connectivity index (χ0) is 102. The van der Waals surface area contributed by atoms with Gasteiger partial charge in [-0.15, -0.1) is 11.3 Å². The summed E-state index contributed by atoms with van der Waals surface area (Å²) in [5.41, 5.74) is 2.41. The predicted octanol–water partition coefficient (Wildman–Crippen LogP) is 17.2. The van der Waals surface area contributed by atoms with Crippen LogP contribution < -0.4 is 21.4 Å². The number of carbonyl (C=O) groups excluding carboxylic acids is 7. The van der Waals surface area contributed by atoms with Gasteiger partial charge in [0.25, 0.3) is 17.8 Å². The summed E-state index contributed by atoms with van der Waals surface area (Å²) in [5.74, 6) is -9.93. The van der Waals surface area contributed by atoms with E-state index in [1.165, 1.54) is 68.1 Å². The number of fused-ring (bicyclic) bond motifs is 1. The molecule has 6 aliphatic rings. The molecule has 6 saturated heterocycles. The van der Waals surface area contributed by atoms with Crippen LogP contribution >= 0.6 is 57.7 Å². The van der Waals surface area contributed by atoms with Gasteiger partial charge >= 0.3 is 24.4 Å². The molecule has 0 unspecified atom stereocenters. The normalized spacial score (nSPS) is 20.0. The number of morpholine rings is 2. The Morgan fingerprint density at radius 2 is 1.03 bits per heavy atom. The van der Waals surface area contributed by atoms with Gasteiger partial charge in [-0.1, -0.05) is 82.8 Å². The molecule has 15 rings (SSSR count). The third-order valence-electron chi connectivity index (χ3n) is 26.3. The van der Waals surface area contributed by atoms with Crippen LogP contribution in [0.3, 0.4) is 0 Å². The molecule has 0 spiro atoms. The molecule has 0 bridgehead atoms. The van der Waals surface area contributed by atoms with Crippen LogP contribution in [0.4, 0.5) is 63.7 Å². The Kier molecular flexibility index (Phi) is 33.8. The fraction of sp³-hybridized carbons (Fsp3) is 0.449. The van der Waals surface area contributed by atoms with Crippen molar-refractivity contribution in [2.45, 2.75) is 138 Å². The zero-order valence-corrected chi connectivity index (χ0v) is 82.4. The summed E-state index contributed by atoms with van der Waals surface area (Å²) in [4.78, 5) is 128. The Bertz CT molecular complexity index is 5930. The maximum atomic E-state index is 14.2. The number of thiazole rings is 1. The Morgan fingerprint density at radius 3 is 1.50 bits per heavy atom. The number of urea groups is 2. The van der Waals surface area contributed by atoms with Gasteiger partial charge in [0.15, 0.2) is 16.6 Å². The highest BCUT2D eigenvalue weighted by atomic mass is 35.5. The fourth-order valence-electron chi connectivity index (χ4n) is 18.4. The molecule has 6 aliphatic heterocycles. The number of nitrogens with one attached hydrogen (secondary N) is 1. The van der Waals surface area contributed by atoms with Crippen LogP contribution in [0.1, 0.15) is 143 Å². The number of pyridine rings is 2. The number of nitrogens with zero attached hydrogens (tertiary/aromatic N) is 12. The lowest BCUT2D eigenvalue weighted by Crippen LogP contribution is -2.50. The van der Waals surface area contributed by atoms with Crippen LogP contribution in [-0.2, 0) is 63.6 Å². The highest BCUT2D eigenvalue weighted by molar-refractivity contribution is 7.12. The third-order valence-corrected chi connectivity index (χ3v) is 28.3. The topological polar surface area (TPSA) is 262 Å². The molecule has 0 aliphatic carbocycles. The van der Waals surface area contributed by atoms with E-state index in [1.54, 1.807) is 104 Å². The molecule has 25 nitrogen and oxygen atoms in total. The number of halogens is 15. The first-order valence-electron chi connectivity index (χ1n) is 44.6. The maximum Gasteiger partial charge on any atom is 0.416 e. The molecular weight excluding hydrogens is 1930 g/mol. The van der Waals surface area contributed by atoms with Gasteiger partial charge in [0, 0.05) is 183 Å². The number of hydrogen-bond donors (Lipinski definition) is 2. The number of rotatable bonds is 20. The number of hydrogen-bond acceptors (Lipinski definition) is 17. The molecule has 9 heterocycles. The minimum absolute atomic E-state index is 0.0477. The first kappa shape index (κ1) is 107. The number of methoxy groups -OCH3 is 1. The molecule has 139 heavy (non-hydrogen) atoms.